The third kappa shape index (κ3) is 4.70. The predicted octanol–water partition coefficient (Wildman–Crippen LogP) is 2.15. The number of carboxylic acid groups (broad SMARTS) is 1. The minimum Gasteiger partial charge on any atom is -0.465 e. The van der Waals surface area contributed by atoms with Crippen LogP contribution in [0.25, 0.3) is 0 Å². The highest BCUT2D eigenvalue weighted by Gasteiger charge is 2.55. The molecule has 138 valence electrons. The maximum absolute atomic E-state index is 11.0. The summed E-state index contributed by atoms with van der Waals surface area (Å²) in [5.41, 5.74) is -0.0223. The van der Waals surface area contributed by atoms with Gasteiger partial charge in [-0.15, -0.1) is 0 Å². The molecule has 1 aromatic carbocycles. The van der Waals surface area contributed by atoms with Crippen molar-refractivity contribution in [2.24, 2.45) is 0 Å². The second kappa shape index (κ2) is 7.70. The SMILES string of the molecule is [2H]c1cccc(C([2H])([2H])OCCO[C@H]2C[C@@H](NC(=O)O)[C@@H]3OC(C)(C)O[C@@H]32)c1[2H]. The summed E-state index contributed by atoms with van der Waals surface area (Å²) < 4.78 is 54.3. The van der Waals surface area contributed by atoms with E-state index in [2.05, 4.69) is 5.32 Å². The van der Waals surface area contributed by atoms with Gasteiger partial charge in [0, 0.05) is 0 Å². The van der Waals surface area contributed by atoms with Gasteiger partial charge in [-0.2, -0.15) is 0 Å². The van der Waals surface area contributed by atoms with E-state index in [9.17, 15) is 4.79 Å². The fraction of sp³-hybridized carbons (Fsp3) is 0.611. The van der Waals surface area contributed by atoms with Crippen LogP contribution in [-0.4, -0.2) is 54.6 Å². The van der Waals surface area contributed by atoms with E-state index in [1.165, 1.54) is 18.2 Å². The van der Waals surface area contributed by atoms with E-state index in [1.54, 1.807) is 13.8 Å². The standard InChI is InChI=1S/C18H25NO6/c1-18(2)24-15-13(19-17(20)21)10-14(16(15)25-18)23-9-8-22-11-12-6-4-3-5-7-12/h3-7,13-16,19H,8-11H2,1-2H3,(H,20,21)/t13-,14+,15+,16-/m1/s1/i4D,6D,11D2. The van der Waals surface area contributed by atoms with Gasteiger partial charge in [0.05, 0.1) is 37.4 Å². The normalized spacial score (nSPS) is 33.0. The Bertz CT molecular complexity index is 762. The first-order valence-corrected chi connectivity index (χ1v) is 8.17. The molecule has 7 heteroatoms. The van der Waals surface area contributed by atoms with Gasteiger partial charge >= 0.3 is 6.09 Å². The average Bonchev–Trinajstić information content (AvgIpc) is 3.08. The number of amides is 1. The van der Waals surface area contributed by atoms with E-state index in [4.69, 9.17) is 29.5 Å². The first-order valence-electron chi connectivity index (χ1n) is 10.2. The predicted molar refractivity (Wildman–Crippen MR) is 89.2 cm³/mol. The van der Waals surface area contributed by atoms with Crippen LogP contribution in [-0.2, 0) is 25.5 Å². The van der Waals surface area contributed by atoms with Gasteiger partial charge in [-0.05, 0) is 25.8 Å². The van der Waals surface area contributed by atoms with Crippen LogP contribution in [0.3, 0.4) is 0 Å². The number of ether oxygens (including phenoxy) is 4. The van der Waals surface area contributed by atoms with E-state index in [-0.39, 0.29) is 30.9 Å². The molecule has 1 saturated heterocycles. The number of nitrogens with one attached hydrogen (secondary N) is 1. The summed E-state index contributed by atoms with van der Waals surface area (Å²) in [5, 5.41) is 11.5. The number of fused-ring (bicyclic) bond motifs is 1. The van der Waals surface area contributed by atoms with Crippen molar-refractivity contribution in [3.8, 4) is 0 Å². The highest BCUT2D eigenvalue weighted by atomic mass is 16.8. The first kappa shape index (κ1) is 13.5. The van der Waals surface area contributed by atoms with Crippen LogP contribution in [0, 0.1) is 0 Å². The van der Waals surface area contributed by atoms with Crippen LogP contribution in [0.2, 0.25) is 0 Å². The molecule has 2 fully saturated rings. The Morgan fingerprint density at radius 2 is 2.24 bits per heavy atom. The Morgan fingerprint density at radius 3 is 3.04 bits per heavy atom. The Morgan fingerprint density at radius 1 is 1.44 bits per heavy atom. The van der Waals surface area contributed by atoms with E-state index in [1.807, 2.05) is 0 Å². The zero-order chi connectivity index (χ0) is 21.4. The summed E-state index contributed by atoms with van der Waals surface area (Å²) >= 11 is 0. The van der Waals surface area contributed by atoms with Crippen molar-refractivity contribution in [2.75, 3.05) is 13.2 Å². The summed E-state index contributed by atoms with van der Waals surface area (Å²) in [4.78, 5) is 11.0. The van der Waals surface area contributed by atoms with Crippen molar-refractivity contribution < 1.29 is 34.3 Å². The van der Waals surface area contributed by atoms with Gasteiger partial charge in [0.25, 0.3) is 0 Å². The Labute approximate surface area is 152 Å². The second-order valence-electron chi connectivity index (χ2n) is 6.43. The van der Waals surface area contributed by atoms with E-state index < -0.39 is 42.8 Å². The number of rotatable bonds is 7. The van der Waals surface area contributed by atoms with Crippen molar-refractivity contribution in [1.82, 2.24) is 5.32 Å². The topological polar surface area (TPSA) is 86.3 Å². The van der Waals surface area contributed by atoms with Gasteiger partial charge in [-0.3, -0.25) is 0 Å². The van der Waals surface area contributed by atoms with E-state index in [0.29, 0.717) is 6.42 Å². The first-order chi connectivity index (χ1) is 13.5. The van der Waals surface area contributed by atoms with Gasteiger partial charge in [0.15, 0.2) is 5.79 Å². The lowest BCUT2D eigenvalue weighted by molar-refractivity contribution is -0.169. The molecule has 0 radical (unpaired) electrons. The van der Waals surface area contributed by atoms with Crippen LogP contribution in [0.5, 0.6) is 0 Å². The lowest BCUT2D eigenvalue weighted by Crippen LogP contribution is -2.42. The molecule has 0 unspecified atom stereocenters. The van der Waals surface area contributed by atoms with Gasteiger partial charge in [0.2, 0.25) is 0 Å². The van der Waals surface area contributed by atoms with Gasteiger partial charge in [0.1, 0.15) is 12.2 Å². The minimum atomic E-state index is -2.24. The fourth-order valence-corrected chi connectivity index (χ4v) is 3.18. The van der Waals surface area contributed by atoms with Crippen molar-refractivity contribution in [2.45, 2.75) is 57.0 Å². The lowest BCUT2D eigenvalue weighted by atomic mass is 10.2. The molecule has 3 rings (SSSR count). The van der Waals surface area contributed by atoms with E-state index in [0.717, 1.165) is 0 Å². The largest absolute Gasteiger partial charge is 0.465 e. The molecule has 2 N–H and O–H groups in total. The van der Waals surface area contributed by atoms with Gasteiger partial charge in [-0.25, -0.2) is 4.79 Å². The maximum atomic E-state index is 11.0. The molecule has 0 bridgehead atoms. The maximum Gasteiger partial charge on any atom is 0.404 e. The third-order valence-corrected chi connectivity index (χ3v) is 4.07. The molecule has 7 nitrogen and oxygen atoms in total. The molecule has 1 aliphatic heterocycles. The smallest absolute Gasteiger partial charge is 0.404 e. The molecule has 2 aliphatic rings. The second-order valence-corrected chi connectivity index (χ2v) is 6.43. The molecule has 0 spiro atoms. The quantitative estimate of drug-likeness (QED) is 0.729. The molecule has 1 amide bonds. The summed E-state index contributed by atoms with van der Waals surface area (Å²) in [6.45, 7) is 1.21. The summed E-state index contributed by atoms with van der Waals surface area (Å²) in [6.07, 6.45) is -2.14. The highest BCUT2D eigenvalue weighted by Crippen LogP contribution is 2.39. The van der Waals surface area contributed by atoms with E-state index >= 15 is 0 Å². The summed E-state index contributed by atoms with van der Waals surface area (Å²) in [6, 6.07) is 3.55. The number of hydrogen-bond donors (Lipinski definition) is 2. The van der Waals surface area contributed by atoms with Gasteiger partial charge < -0.3 is 29.4 Å². The molecule has 1 aliphatic carbocycles. The lowest BCUT2D eigenvalue weighted by Gasteiger charge is -2.23. The zero-order valence-corrected chi connectivity index (χ0v) is 14.2. The van der Waals surface area contributed by atoms with Crippen molar-refractivity contribution in [1.29, 1.82) is 0 Å². The molecular weight excluding hydrogens is 326 g/mol. The number of benzene rings is 1. The van der Waals surface area contributed by atoms with Crippen molar-refractivity contribution in [3.05, 3.63) is 35.8 Å². The molecule has 25 heavy (non-hydrogen) atoms. The van der Waals surface area contributed by atoms with Crippen LogP contribution in [0.1, 0.15) is 31.3 Å². The fourth-order valence-electron chi connectivity index (χ4n) is 3.18. The Hall–Kier alpha value is -1.67. The molecule has 0 aromatic heterocycles. The van der Waals surface area contributed by atoms with Gasteiger partial charge in [-0.1, -0.05) is 30.3 Å². The van der Waals surface area contributed by atoms with Crippen LogP contribution >= 0.6 is 0 Å². The average molecular weight is 355 g/mol. The molecule has 1 aromatic rings. The number of hydrogen-bond acceptors (Lipinski definition) is 5. The zero-order valence-electron chi connectivity index (χ0n) is 18.2. The molecule has 1 heterocycles. The molecule has 4 atom stereocenters. The Kier molecular flexibility index (Phi) is 4.16. The summed E-state index contributed by atoms with van der Waals surface area (Å²) in [5.74, 6) is -0.852. The van der Waals surface area contributed by atoms with Crippen LogP contribution in [0.4, 0.5) is 4.79 Å². The Balaban J connectivity index is 1.56. The number of carbonyl (C=O) groups is 1. The highest BCUT2D eigenvalue weighted by molar-refractivity contribution is 5.65. The minimum absolute atomic E-state index is 0.0223. The molecular formula is C18H25NO6. The molecule has 1 saturated carbocycles. The van der Waals surface area contributed by atoms with Crippen molar-refractivity contribution in [3.63, 3.8) is 0 Å². The van der Waals surface area contributed by atoms with Crippen LogP contribution in [0.15, 0.2) is 30.3 Å². The van der Waals surface area contributed by atoms with Crippen LogP contribution < -0.4 is 5.32 Å². The summed E-state index contributed by atoms with van der Waals surface area (Å²) in [7, 11) is 0. The monoisotopic (exact) mass is 355 g/mol. The van der Waals surface area contributed by atoms with Crippen molar-refractivity contribution >= 4 is 6.09 Å². The third-order valence-electron chi connectivity index (χ3n) is 4.07.